The Balaban J connectivity index is 0.000000937. The highest BCUT2D eigenvalue weighted by Gasteiger charge is 2.15. The van der Waals surface area contributed by atoms with Crippen molar-refractivity contribution < 1.29 is 4.42 Å². The number of hydrogen-bond acceptors (Lipinski definition) is 1. The lowest BCUT2D eigenvalue weighted by molar-refractivity contribution is 0.669. The first-order valence-corrected chi connectivity index (χ1v) is 11.0. The van der Waals surface area contributed by atoms with E-state index in [2.05, 4.69) is 87.6 Å². The molecule has 2 aromatic heterocycles. The van der Waals surface area contributed by atoms with Crippen LogP contribution in [-0.2, 0) is 7.05 Å². The van der Waals surface area contributed by atoms with E-state index < -0.39 is 0 Å². The standard InChI is InChI=1S/C25H18NOP.C2H6/c1-26-21-11-17(15-7-3-2-4-8-15)25(28)14-19(21)18-13-24-20(12-22(18)26)16-9-5-6-10-23(16)27-24;1-2/h2-14H,28H2,1H3;1-2H3. The summed E-state index contributed by atoms with van der Waals surface area (Å²) in [5.74, 6) is 0. The molecule has 6 aromatic rings. The Labute approximate surface area is 178 Å². The molecule has 0 radical (unpaired) electrons. The van der Waals surface area contributed by atoms with Gasteiger partial charge in [0.1, 0.15) is 11.2 Å². The van der Waals surface area contributed by atoms with Crippen molar-refractivity contribution in [2.45, 2.75) is 13.8 Å². The molecule has 3 heteroatoms. The first-order valence-electron chi connectivity index (χ1n) is 10.4. The molecule has 0 aliphatic carbocycles. The van der Waals surface area contributed by atoms with Gasteiger partial charge in [0.15, 0.2) is 0 Å². The zero-order chi connectivity index (χ0) is 20.8. The molecule has 2 heterocycles. The predicted molar refractivity (Wildman–Crippen MR) is 134 cm³/mol. The molecule has 0 saturated heterocycles. The maximum Gasteiger partial charge on any atom is 0.136 e. The molecule has 0 spiro atoms. The van der Waals surface area contributed by atoms with Gasteiger partial charge in [-0.15, -0.1) is 9.24 Å². The van der Waals surface area contributed by atoms with Gasteiger partial charge in [-0.1, -0.05) is 62.4 Å². The lowest BCUT2D eigenvalue weighted by atomic mass is 10.0. The largest absolute Gasteiger partial charge is 0.456 e. The number of aromatic nitrogens is 1. The fourth-order valence-electron chi connectivity index (χ4n) is 4.35. The number of aryl methyl sites for hydroxylation is 1. The molecule has 1 atom stereocenters. The topological polar surface area (TPSA) is 18.1 Å². The quantitative estimate of drug-likeness (QED) is 0.258. The Kier molecular flexibility index (Phi) is 4.60. The molecular weight excluding hydrogens is 385 g/mol. The maximum absolute atomic E-state index is 6.13. The van der Waals surface area contributed by atoms with E-state index in [1.807, 2.05) is 26.0 Å². The van der Waals surface area contributed by atoms with Crippen LogP contribution in [0.4, 0.5) is 0 Å². The number of furan rings is 1. The van der Waals surface area contributed by atoms with Crippen LogP contribution in [0, 0.1) is 0 Å². The van der Waals surface area contributed by atoms with Gasteiger partial charge in [-0.05, 0) is 46.8 Å². The van der Waals surface area contributed by atoms with Gasteiger partial charge in [-0.3, -0.25) is 0 Å². The minimum Gasteiger partial charge on any atom is -0.456 e. The van der Waals surface area contributed by atoms with E-state index >= 15 is 0 Å². The number of fused-ring (bicyclic) bond motifs is 6. The van der Waals surface area contributed by atoms with E-state index in [9.17, 15) is 0 Å². The summed E-state index contributed by atoms with van der Waals surface area (Å²) in [6, 6.07) is 27.8. The average molecular weight is 409 g/mol. The number of rotatable bonds is 1. The van der Waals surface area contributed by atoms with Crippen molar-refractivity contribution in [2.24, 2.45) is 7.05 Å². The van der Waals surface area contributed by atoms with Gasteiger partial charge in [0.25, 0.3) is 0 Å². The summed E-state index contributed by atoms with van der Waals surface area (Å²) in [5.41, 5.74) is 6.83. The molecule has 148 valence electrons. The molecule has 0 aliphatic heterocycles. The second-order valence-corrected chi connectivity index (χ2v) is 7.97. The second kappa shape index (κ2) is 7.31. The Hall–Kier alpha value is -3.09. The summed E-state index contributed by atoms with van der Waals surface area (Å²) in [7, 11) is 5.05. The number of nitrogens with zero attached hydrogens (tertiary/aromatic N) is 1. The Morgan fingerprint density at radius 3 is 2.13 bits per heavy atom. The highest BCUT2D eigenvalue weighted by atomic mass is 31.0. The SMILES string of the molecule is CC.Cn1c2cc(-c3ccccc3)c(P)cc2c2cc3oc4ccccc4c3cc21. The third-order valence-corrected chi connectivity index (χ3v) is 6.24. The van der Waals surface area contributed by atoms with Gasteiger partial charge >= 0.3 is 0 Å². The van der Waals surface area contributed by atoms with Crippen molar-refractivity contribution in [3.05, 3.63) is 78.9 Å². The first kappa shape index (κ1) is 18.9. The van der Waals surface area contributed by atoms with Crippen molar-refractivity contribution >= 4 is 58.3 Å². The lowest BCUT2D eigenvalue weighted by Gasteiger charge is -2.07. The zero-order valence-corrected chi connectivity index (χ0v) is 18.6. The third kappa shape index (κ3) is 2.75. The Morgan fingerprint density at radius 1 is 0.667 bits per heavy atom. The second-order valence-electron chi connectivity index (χ2n) is 7.35. The number of benzene rings is 4. The summed E-state index contributed by atoms with van der Waals surface area (Å²) in [6.45, 7) is 4.00. The zero-order valence-electron chi connectivity index (χ0n) is 17.4. The fourth-order valence-corrected chi connectivity index (χ4v) is 4.77. The van der Waals surface area contributed by atoms with Crippen molar-refractivity contribution in [3.8, 4) is 11.1 Å². The van der Waals surface area contributed by atoms with Crippen molar-refractivity contribution in [3.63, 3.8) is 0 Å². The van der Waals surface area contributed by atoms with Crippen LogP contribution in [0.5, 0.6) is 0 Å². The maximum atomic E-state index is 6.13. The van der Waals surface area contributed by atoms with Gasteiger partial charge in [0, 0.05) is 39.6 Å². The van der Waals surface area contributed by atoms with Crippen molar-refractivity contribution in [1.29, 1.82) is 0 Å². The van der Waals surface area contributed by atoms with E-state index in [-0.39, 0.29) is 0 Å². The molecule has 6 rings (SSSR count). The van der Waals surface area contributed by atoms with E-state index in [1.165, 1.54) is 49.0 Å². The predicted octanol–water partition coefficient (Wildman–Crippen LogP) is 7.42. The lowest BCUT2D eigenvalue weighted by Crippen LogP contribution is -1.97. The van der Waals surface area contributed by atoms with E-state index in [1.54, 1.807) is 0 Å². The van der Waals surface area contributed by atoms with E-state index in [4.69, 9.17) is 4.42 Å². The fraction of sp³-hybridized carbons (Fsp3) is 0.111. The minimum atomic E-state index is 0.940. The Bertz CT molecular complexity index is 1520. The molecule has 0 aliphatic rings. The van der Waals surface area contributed by atoms with Crippen molar-refractivity contribution in [1.82, 2.24) is 4.57 Å². The summed E-state index contributed by atoms with van der Waals surface area (Å²) in [5, 5.41) is 6.03. The summed E-state index contributed by atoms with van der Waals surface area (Å²) in [4.78, 5) is 0. The van der Waals surface area contributed by atoms with Crippen LogP contribution in [0.1, 0.15) is 13.8 Å². The van der Waals surface area contributed by atoms with Gasteiger partial charge in [0.05, 0.1) is 0 Å². The molecule has 0 saturated carbocycles. The van der Waals surface area contributed by atoms with Gasteiger partial charge in [0.2, 0.25) is 0 Å². The molecule has 4 aromatic carbocycles. The molecule has 2 nitrogen and oxygen atoms in total. The van der Waals surface area contributed by atoms with Crippen LogP contribution in [0.15, 0.2) is 83.3 Å². The summed E-state index contributed by atoms with van der Waals surface area (Å²) in [6.07, 6.45) is 0. The smallest absolute Gasteiger partial charge is 0.136 e. The molecule has 0 bridgehead atoms. The van der Waals surface area contributed by atoms with Gasteiger partial charge in [-0.25, -0.2) is 0 Å². The van der Waals surface area contributed by atoms with Crippen LogP contribution in [0.3, 0.4) is 0 Å². The number of hydrogen-bond donors (Lipinski definition) is 0. The third-order valence-electron chi connectivity index (χ3n) is 5.76. The minimum absolute atomic E-state index is 0.940. The van der Waals surface area contributed by atoms with Gasteiger partial charge < -0.3 is 8.98 Å². The van der Waals surface area contributed by atoms with Crippen molar-refractivity contribution in [2.75, 3.05) is 0 Å². The van der Waals surface area contributed by atoms with Crippen LogP contribution < -0.4 is 5.30 Å². The molecule has 0 amide bonds. The normalized spacial score (nSPS) is 11.3. The molecular formula is C27H24NOP. The first-order chi connectivity index (χ1) is 14.7. The highest BCUT2D eigenvalue weighted by Crippen LogP contribution is 2.37. The van der Waals surface area contributed by atoms with Crippen LogP contribution >= 0.6 is 9.24 Å². The number of para-hydroxylation sites is 1. The average Bonchev–Trinajstić information content (AvgIpc) is 3.29. The van der Waals surface area contributed by atoms with E-state index in [0.29, 0.717) is 0 Å². The van der Waals surface area contributed by atoms with Crippen LogP contribution in [0.2, 0.25) is 0 Å². The summed E-state index contributed by atoms with van der Waals surface area (Å²) < 4.78 is 8.42. The summed E-state index contributed by atoms with van der Waals surface area (Å²) >= 11 is 0. The van der Waals surface area contributed by atoms with Gasteiger partial charge in [-0.2, -0.15) is 0 Å². The molecule has 30 heavy (non-hydrogen) atoms. The highest BCUT2D eigenvalue weighted by molar-refractivity contribution is 7.28. The molecule has 1 unspecified atom stereocenters. The molecule has 0 fully saturated rings. The molecule has 0 N–H and O–H groups in total. The van der Waals surface area contributed by atoms with Crippen LogP contribution in [0.25, 0.3) is 54.9 Å². The Morgan fingerprint density at radius 2 is 1.33 bits per heavy atom. The monoisotopic (exact) mass is 409 g/mol. The van der Waals surface area contributed by atoms with E-state index in [0.717, 1.165) is 11.2 Å². The van der Waals surface area contributed by atoms with Crippen LogP contribution in [-0.4, -0.2) is 4.57 Å².